The van der Waals surface area contributed by atoms with Crippen LogP contribution in [0.2, 0.25) is 0 Å². The molecule has 0 spiro atoms. The first-order valence-corrected chi connectivity index (χ1v) is 22.7. The fourth-order valence-corrected chi connectivity index (χ4v) is 9.36. The van der Waals surface area contributed by atoms with E-state index in [2.05, 4.69) is 25.3 Å². The summed E-state index contributed by atoms with van der Waals surface area (Å²) in [5.74, 6) is -5.33. The fourth-order valence-electron chi connectivity index (χ4n) is 8.05. The number of aromatic nitrogens is 2. The predicted molar refractivity (Wildman–Crippen MR) is 218 cm³/mol. The van der Waals surface area contributed by atoms with Crippen molar-refractivity contribution in [1.29, 1.82) is 0 Å². The Morgan fingerprint density at radius 3 is 2.34 bits per heavy atom. The van der Waals surface area contributed by atoms with Crippen molar-refractivity contribution in [1.82, 2.24) is 30.2 Å². The molecule has 4 aliphatic rings. The lowest BCUT2D eigenvalue weighted by molar-refractivity contribution is -0.244. The summed E-state index contributed by atoms with van der Waals surface area (Å²) in [4.78, 5) is 65.6. The Bertz CT molecular complexity index is 2290. The molecule has 22 heteroatoms. The zero-order valence-electron chi connectivity index (χ0n) is 36.5. The van der Waals surface area contributed by atoms with E-state index >= 15 is 0 Å². The lowest BCUT2D eigenvalue weighted by atomic mass is 9.85. The Kier molecular flexibility index (Phi) is 13.3. The van der Waals surface area contributed by atoms with Gasteiger partial charge in [0.15, 0.2) is 0 Å². The van der Waals surface area contributed by atoms with E-state index in [1.807, 2.05) is 6.92 Å². The third-order valence-corrected chi connectivity index (χ3v) is 14.6. The Morgan fingerprint density at radius 1 is 1.05 bits per heavy atom. The molecule has 1 aromatic heterocycles. The van der Waals surface area contributed by atoms with E-state index < -0.39 is 117 Å². The minimum absolute atomic E-state index is 0.0312. The quantitative estimate of drug-likeness (QED) is 0.174. The van der Waals surface area contributed by atoms with Crippen molar-refractivity contribution in [3.8, 4) is 11.6 Å². The summed E-state index contributed by atoms with van der Waals surface area (Å²) >= 11 is 0. The molecule has 2 aliphatic carbocycles. The average molecular weight is 933 g/mol. The second-order valence-electron chi connectivity index (χ2n) is 18.4. The molecule has 1 saturated heterocycles. The maximum Gasteiger partial charge on any atom is 0.438 e. The maximum atomic E-state index is 14.9. The Morgan fingerprint density at radius 2 is 1.73 bits per heavy atom. The molecular weight excluding hydrogens is 879 g/mol. The summed E-state index contributed by atoms with van der Waals surface area (Å²) in [7, 11) is -4.19. The van der Waals surface area contributed by atoms with Crippen LogP contribution in [0, 0.1) is 17.8 Å². The van der Waals surface area contributed by atoms with Gasteiger partial charge in [-0.1, -0.05) is 32.4 Å². The van der Waals surface area contributed by atoms with E-state index in [9.17, 15) is 53.9 Å². The number of allylic oxidation sites excluding steroid dienone is 1. The highest BCUT2D eigenvalue weighted by molar-refractivity contribution is 7.91. The average Bonchev–Trinajstić information content (AvgIpc) is 4.06. The van der Waals surface area contributed by atoms with Crippen molar-refractivity contribution < 1.29 is 68.1 Å². The molecule has 6 rings (SSSR count). The monoisotopic (exact) mass is 932 g/mol. The van der Waals surface area contributed by atoms with Crippen LogP contribution < -0.4 is 24.8 Å². The molecule has 7 atom stereocenters. The van der Waals surface area contributed by atoms with E-state index in [0.717, 1.165) is 4.90 Å². The minimum Gasteiger partial charge on any atom is -0.491 e. The first kappa shape index (κ1) is 48.6. The maximum absolute atomic E-state index is 14.9. The van der Waals surface area contributed by atoms with Crippen LogP contribution in [-0.2, 0) is 35.3 Å². The van der Waals surface area contributed by atoms with Gasteiger partial charge in [-0.15, -0.1) is 0 Å². The molecule has 354 valence electrons. The third kappa shape index (κ3) is 10.3. The predicted octanol–water partition coefficient (Wildman–Crippen LogP) is 6.50. The summed E-state index contributed by atoms with van der Waals surface area (Å²) in [6.45, 7) is 9.16. The van der Waals surface area contributed by atoms with Crippen molar-refractivity contribution in [2.75, 3.05) is 6.54 Å². The lowest BCUT2D eigenvalue weighted by Gasteiger charge is -2.35. The smallest absolute Gasteiger partial charge is 0.438 e. The number of benzene rings is 1. The van der Waals surface area contributed by atoms with Crippen LogP contribution in [-0.4, -0.2) is 100 Å². The van der Waals surface area contributed by atoms with Crippen LogP contribution in [0.25, 0.3) is 11.0 Å². The highest BCUT2D eigenvalue weighted by Gasteiger charge is 2.63. The van der Waals surface area contributed by atoms with E-state index in [1.165, 1.54) is 25.1 Å². The Labute approximate surface area is 366 Å². The van der Waals surface area contributed by atoms with Crippen molar-refractivity contribution in [3.63, 3.8) is 0 Å². The number of carbonyl (C=O) groups is 4. The van der Waals surface area contributed by atoms with Crippen molar-refractivity contribution >= 4 is 44.9 Å². The van der Waals surface area contributed by atoms with Crippen LogP contribution in [0.1, 0.15) is 106 Å². The third-order valence-electron chi connectivity index (χ3n) is 12.4. The lowest BCUT2D eigenvalue weighted by Crippen LogP contribution is -2.60. The molecule has 3 heterocycles. The molecule has 0 unspecified atom stereocenters. The Balaban J connectivity index is 1.41. The van der Waals surface area contributed by atoms with Gasteiger partial charge in [-0.05, 0) is 97.1 Å². The molecule has 2 saturated carbocycles. The van der Waals surface area contributed by atoms with Gasteiger partial charge in [-0.3, -0.25) is 19.1 Å². The van der Waals surface area contributed by atoms with Crippen molar-refractivity contribution in [3.05, 3.63) is 36.0 Å². The normalized spacial score (nSPS) is 28.2. The molecule has 3 fully saturated rings. The number of carbonyl (C=O) groups excluding carboxylic acids is 4. The number of alkyl carbamates (subject to hydrolysis) is 1. The molecule has 15 nitrogen and oxygen atoms in total. The number of hydrogen-bond donors (Lipinski definition) is 3. The van der Waals surface area contributed by atoms with Gasteiger partial charge in [0.2, 0.25) is 39.0 Å². The van der Waals surface area contributed by atoms with Crippen molar-refractivity contribution in [2.24, 2.45) is 17.8 Å². The van der Waals surface area contributed by atoms with Gasteiger partial charge >= 0.3 is 18.4 Å². The number of fused-ring (bicyclic) bond motifs is 3. The van der Waals surface area contributed by atoms with Gasteiger partial charge in [0, 0.05) is 18.4 Å². The van der Waals surface area contributed by atoms with E-state index in [1.54, 1.807) is 32.9 Å². The zero-order chi connectivity index (χ0) is 47.4. The largest absolute Gasteiger partial charge is 0.491 e. The molecule has 4 amide bonds. The number of hydrogen-bond acceptors (Lipinski definition) is 11. The molecule has 64 heavy (non-hydrogen) atoms. The molecular formula is C42H54F6N6O9S. The number of nitrogens with one attached hydrogen (secondary N) is 3. The minimum atomic E-state index is -5.10. The molecule has 0 radical (unpaired) electrons. The summed E-state index contributed by atoms with van der Waals surface area (Å²) in [6.07, 6.45) is -8.45. The summed E-state index contributed by atoms with van der Waals surface area (Å²) in [6, 6.07) is 0.815. The summed E-state index contributed by atoms with van der Waals surface area (Å²) < 4.78 is 129. The van der Waals surface area contributed by atoms with Gasteiger partial charge in [0.25, 0.3) is 5.91 Å². The van der Waals surface area contributed by atoms with E-state index in [-0.39, 0.29) is 48.1 Å². The van der Waals surface area contributed by atoms with Crippen LogP contribution in [0.15, 0.2) is 30.4 Å². The summed E-state index contributed by atoms with van der Waals surface area (Å²) in [5.41, 5.74) is -6.50. The van der Waals surface area contributed by atoms with Crippen LogP contribution >= 0.6 is 0 Å². The number of nitrogens with zero attached hydrogens (tertiary/aromatic N) is 3. The SMILES string of the molecule is CC[C@@H]1C[C@H](C)CC/C=C\[C@@H]2C[C@@]2(C(=O)NS(=O)(=O)C2(C)CC2)NC(=O)[C@@H]2C[C@@H](Oc3nc4cc(OC(C)C)ccc4nc3C(F)(F)F)CN2C(=O)[C@H]1NC(=O)OC(C)(C)C(F)(F)F. The molecule has 3 N–H and O–H groups in total. The molecule has 0 bridgehead atoms. The first-order valence-electron chi connectivity index (χ1n) is 21.2. The molecule has 2 aliphatic heterocycles. The summed E-state index contributed by atoms with van der Waals surface area (Å²) in [5, 5.41) is 4.96. The highest BCUT2D eigenvalue weighted by atomic mass is 32.2. The first-order chi connectivity index (χ1) is 29.6. The zero-order valence-corrected chi connectivity index (χ0v) is 37.3. The van der Waals surface area contributed by atoms with Crippen LogP contribution in [0.3, 0.4) is 0 Å². The fraction of sp³-hybridized carbons (Fsp3) is 0.667. The number of rotatable bonds is 10. The van der Waals surface area contributed by atoms with Crippen LogP contribution in [0.5, 0.6) is 11.6 Å². The number of amides is 4. The van der Waals surface area contributed by atoms with Gasteiger partial charge in [-0.25, -0.2) is 23.2 Å². The van der Waals surface area contributed by atoms with Gasteiger partial charge in [-0.2, -0.15) is 26.3 Å². The number of alkyl halides is 6. The van der Waals surface area contributed by atoms with Crippen molar-refractivity contribution in [2.45, 2.75) is 152 Å². The van der Waals surface area contributed by atoms with Gasteiger partial charge in [0.1, 0.15) is 29.5 Å². The van der Waals surface area contributed by atoms with Gasteiger partial charge in [0.05, 0.1) is 28.4 Å². The molecule has 1 aromatic carbocycles. The second-order valence-corrected chi connectivity index (χ2v) is 20.6. The Hall–Kier alpha value is -4.89. The van der Waals surface area contributed by atoms with E-state index in [0.29, 0.717) is 39.5 Å². The second kappa shape index (κ2) is 17.5. The number of ether oxygens (including phenoxy) is 3. The van der Waals surface area contributed by atoms with Gasteiger partial charge < -0.3 is 29.7 Å². The molecule has 2 aromatic rings. The topological polar surface area (TPSA) is 195 Å². The number of sulfonamides is 1. The highest BCUT2D eigenvalue weighted by Crippen LogP contribution is 2.48. The number of halogens is 6. The van der Waals surface area contributed by atoms with E-state index in [4.69, 9.17) is 14.2 Å². The van der Waals surface area contributed by atoms with Crippen LogP contribution in [0.4, 0.5) is 31.1 Å². The standard InChI is InChI=1S/C42H54F6N6O9S/c1-8-24-17-23(4)11-9-10-12-25-20-40(25,36(57)53-64(59,60)39(7)15-16-39)52-33(55)30-19-27(21-54(30)35(56)31(24)51-37(58)63-38(5,6)42(46,47)48)62-34-32(41(43,44)45)49-28-14-13-26(61-22(2)3)18-29(28)50-34/h10,12-14,18,22-25,27,30-31H,8-9,11,15-17,19-21H2,1-7H3,(H,51,58)(H,52,55)(H,53,57)/b12-10-/t23-,24-,25-,27-,30+,31+,40-/m1/s1.